The van der Waals surface area contributed by atoms with Crippen LogP contribution in [0, 0.1) is 0 Å². The maximum Gasteiger partial charge on any atom is 0.220 e. The van der Waals surface area contributed by atoms with E-state index in [2.05, 4.69) is 4.99 Å². The van der Waals surface area contributed by atoms with Gasteiger partial charge < -0.3 is 16.2 Å². The van der Waals surface area contributed by atoms with Gasteiger partial charge in [0.25, 0.3) is 0 Å². The molecule has 1 amide bonds. The SMILES string of the molecule is COc1ccc2c(c1)C(c1ccc(Cl)cc1)=NC(CC(N)=O)C(=O)C2=C(C)N. The molecule has 6 nitrogen and oxygen atoms in total. The molecule has 2 aromatic carbocycles. The first kappa shape index (κ1) is 19.6. The van der Waals surface area contributed by atoms with Crippen LogP contribution in [0.3, 0.4) is 0 Å². The molecule has 0 bridgehead atoms. The molecule has 0 spiro atoms. The molecule has 1 unspecified atom stereocenters. The average Bonchev–Trinajstić information content (AvgIpc) is 2.76. The van der Waals surface area contributed by atoms with E-state index < -0.39 is 11.9 Å². The van der Waals surface area contributed by atoms with E-state index in [0.29, 0.717) is 38.9 Å². The van der Waals surface area contributed by atoms with Gasteiger partial charge in [-0.05, 0) is 42.8 Å². The van der Waals surface area contributed by atoms with E-state index >= 15 is 0 Å². The fourth-order valence-corrected chi connectivity index (χ4v) is 3.35. The molecular formula is C21H20ClN3O3. The normalized spacial score (nSPS) is 18.0. The van der Waals surface area contributed by atoms with Crippen molar-refractivity contribution in [2.24, 2.45) is 16.5 Å². The minimum absolute atomic E-state index is 0.210. The standard InChI is InChI=1S/C21H20ClN3O3/c1-11(23)19-15-8-7-14(28-2)9-16(15)20(12-3-5-13(22)6-4-12)25-17(21(19)27)10-18(24)26/h3-9,17H,10,23H2,1-2H3,(H2,24,26). The largest absolute Gasteiger partial charge is 0.497 e. The second kappa shape index (κ2) is 7.86. The van der Waals surface area contributed by atoms with Gasteiger partial charge in [-0.3, -0.25) is 14.6 Å². The van der Waals surface area contributed by atoms with Crippen LogP contribution in [0.5, 0.6) is 5.75 Å². The number of carbonyl (C=O) groups is 2. The molecule has 0 aromatic heterocycles. The van der Waals surface area contributed by atoms with Gasteiger partial charge in [-0.2, -0.15) is 0 Å². The van der Waals surface area contributed by atoms with Crippen molar-refractivity contribution in [3.05, 3.63) is 69.9 Å². The number of methoxy groups -OCH3 is 1. The minimum Gasteiger partial charge on any atom is -0.497 e. The number of ether oxygens (including phenoxy) is 1. The number of halogens is 1. The van der Waals surface area contributed by atoms with Gasteiger partial charge in [0.2, 0.25) is 5.91 Å². The highest BCUT2D eigenvalue weighted by Crippen LogP contribution is 2.33. The number of amides is 1. The number of carbonyl (C=O) groups excluding carboxylic acids is 2. The lowest BCUT2D eigenvalue weighted by Gasteiger charge is -2.14. The van der Waals surface area contributed by atoms with Crippen molar-refractivity contribution in [1.82, 2.24) is 0 Å². The first-order valence-electron chi connectivity index (χ1n) is 8.63. The number of primary amides is 1. The molecule has 0 saturated heterocycles. The van der Waals surface area contributed by atoms with Crippen LogP contribution in [0.4, 0.5) is 0 Å². The summed E-state index contributed by atoms with van der Waals surface area (Å²) in [7, 11) is 1.56. The lowest BCUT2D eigenvalue weighted by Crippen LogP contribution is -2.27. The zero-order valence-electron chi connectivity index (χ0n) is 15.5. The lowest BCUT2D eigenvalue weighted by molar-refractivity contribution is -0.122. The van der Waals surface area contributed by atoms with Gasteiger partial charge >= 0.3 is 0 Å². The predicted octanol–water partition coefficient (Wildman–Crippen LogP) is 2.70. The Morgan fingerprint density at radius 3 is 2.39 bits per heavy atom. The van der Waals surface area contributed by atoms with Crippen molar-refractivity contribution in [2.75, 3.05) is 7.11 Å². The topological polar surface area (TPSA) is 108 Å². The van der Waals surface area contributed by atoms with E-state index in [1.165, 1.54) is 0 Å². The number of aliphatic imine (C=N–C) groups is 1. The van der Waals surface area contributed by atoms with Gasteiger partial charge in [0.1, 0.15) is 11.8 Å². The van der Waals surface area contributed by atoms with Crippen LogP contribution in [-0.4, -0.2) is 30.6 Å². The number of nitrogens with two attached hydrogens (primary N) is 2. The Bertz CT molecular complexity index is 1010. The van der Waals surface area contributed by atoms with Crippen molar-refractivity contribution >= 4 is 34.6 Å². The molecule has 1 heterocycles. The summed E-state index contributed by atoms with van der Waals surface area (Å²) in [6.07, 6.45) is -0.210. The summed E-state index contributed by atoms with van der Waals surface area (Å²) in [5, 5.41) is 0.576. The summed E-state index contributed by atoms with van der Waals surface area (Å²) in [4.78, 5) is 29.4. The Morgan fingerprint density at radius 2 is 1.82 bits per heavy atom. The van der Waals surface area contributed by atoms with Crippen molar-refractivity contribution < 1.29 is 14.3 Å². The molecule has 144 valence electrons. The first-order chi connectivity index (χ1) is 13.3. The maximum atomic E-state index is 13.2. The summed E-state index contributed by atoms with van der Waals surface area (Å²) in [5.41, 5.74) is 14.7. The van der Waals surface area contributed by atoms with Gasteiger partial charge in [0.15, 0.2) is 5.78 Å². The fourth-order valence-electron chi connectivity index (χ4n) is 3.22. The highest BCUT2D eigenvalue weighted by molar-refractivity contribution is 6.32. The zero-order valence-corrected chi connectivity index (χ0v) is 16.3. The number of benzene rings is 2. The molecule has 2 aromatic rings. The predicted molar refractivity (Wildman–Crippen MR) is 109 cm³/mol. The number of hydrogen-bond donors (Lipinski definition) is 2. The van der Waals surface area contributed by atoms with Crippen LogP contribution in [0.25, 0.3) is 5.57 Å². The quantitative estimate of drug-likeness (QED) is 0.773. The molecule has 0 saturated carbocycles. The summed E-state index contributed by atoms with van der Waals surface area (Å²) >= 11 is 6.02. The van der Waals surface area contributed by atoms with Gasteiger partial charge in [0.05, 0.1) is 19.2 Å². The Hall–Kier alpha value is -3.12. The molecule has 28 heavy (non-hydrogen) atoms. The highest BCUT2D eigenvalue weighted by atomic mass is 35.5. The average molecular weight is 398 g/mol. The smallest absolute Gasteiger partial charge is 0.220 e. The van der Waals surface area contributed by atoms with Crippen molar-refractivity contribution in [2.45, 2.75) is 19.4 Å². The van der Waals surface area contributed by atoms with E-state index in [9.17, 15) is 9.59 Å². The van der Waals surface area contributed by atoms with E-state index in [-0.39, 0.29) is 12.2 Å². The molecular weight excluding hydrogens is 378 g/mol. The number of rotatable bonds is 4. The number of allylic oxidation sites excluding steroid dienone is 1. The molecule has 1 aliphatic rings. The number of Topliss-reactive ketones (excluding diaryl/α,β-unsaturated/α-hetero) is 1. The third-order valence-electron chi connectivity index (χ3n) is 4.49. The van der Waals surface area contributed by atoms with Gasteiger partial charge in [-0.15, -0.1) is 0 Å². The van der Waals surface area contributed by atoms with E-state index in [1.807, 2.05) is 0 Å². The lowest BCUT2D eigenvalue weighted by atomic mass is 9.90. The summed E-state index contributed by atoms with van der Waals surface area (Å²) in [6.45, 7) is 1.65. The molecule has 3 rings (SSSR count). The number of nitrogens with zero attached hydrogens (tertiary/aromatic N) is 1. The van der Waals surface area contributed by atoms with Crippen molar-refractivity contribution in [3.8, 4) is 5.75 Å². The van der Waals surface area contributed by atoms with Crippen molar-refractivity contribution in [1.29, 1.82) is 0 Å². The number of ketones is 1. The maximum absolute atomic E-state index is 13.2. The Morgan fingerprint density at radius 1 is 1.14 bits per heavy atom. The van der Waals surface area contributed by atoms with Crippen LogP contribution in [0.15, 0.2) is 53.2 Å². The Balaban J connectivity index is 2.34. The van der Waals surface area contributed by atoms with Gasteiger partial charge in [-0.1, -0.05) is 23.7 Å². The molecule has 0 aliphatic carbocycles. The Kier molecular flexibility index (Phi) is 5.51. The van der Waals surface area contributed by atoms with E-state index in [4.69, 9.17) is 27.8 Å². The highest BCUT2D eigenvalue weighted by Gasteiger charge is 2.32. The first-order valence-corrected chi connectivity index (χ1v) is 9.01. The van der Waals surface area contributed by atoms with E-state index in [0.717, 1.165) is 5.56 Å². The van der Waals surface area contributed by atoms with Gasteiger partial charge in [0, 0.05) is 27.4 Å². The van der Waals surface area contributed by atoms with Gasteiger partial charge in [-0.25, -0.2) is 0 Å². The molecule has 1 atom stereocenters. The zero-order chi connectivity index (χ0) is 20.4. The van der Waals surface area contributed by atoms with Crippen LogP contribution in [0.2, 0.25) is 5.02 Å². The molecule has 7 heteroatoms. The molecule has 4 N–H and O–H groups in total. The Labute approximate surface area is 167 Å². The second-order valence-corrected chi connectivity index (χ2v) is 6.94. The third kappa shape index (κ3) is 3.77. The monoisotopic (exact) mass is 397 g/mol. The second-order valence-electron chi connectivity index (χ2n) is 6.50. The van der Waals surface area contributed by atoms with Crippen LogP contribution in [0.1, 0.15) is 30.0 Å². The van der Waals surface area contributed by atoms with Crippen LogP contribution in [-0.2, 0) is 9.59 Å². The number of hydrogen-bond acceptors (Lipinski definition) is 5. The summed E-state index contributed by atoms with van der Waals surface area (Å²) < 4.78 is 5.36. The number of fused-ring (bicyclic) bond motifs is 1. The van der Waals surface area contributed by atoms with Crippen molar-refractivity contribution in [3.63, 3.8) is 0 Å². The minimum atomic E-state index is -0.963. The third-order valence-corrected chi connectivity index (χ3v) is 4.74. The molecule has 1 aliphatic heterocycles. The van der Waals surface area contributed by atoms with E-state index in [1.54, 1.807) is 56.5 Å². The molecule has 0 fully saturated rings. The molecule has 0 radical (unpaired) electrons. The fraction of sp³-hybridized carbons (Fsp3) is 0.190. The van der Waals surface area contributed by atoms with Crippen LogP contribution >= 0.6 is 11.6 Å². The van der Waals surface area contributed by atoms with Crippen LogP contribution < -0.4 is 16.2 Å². The summed E-state index contributed by atoms with van der Waals surface area (Å²) in [5.74, 6) is -0.348. The summed E-state index contributed by atoms with van der Waals surface area (Å²) in [6, 6.07) is 11.4.